The highest BCUT2D eigenvalue weighted by molar-refractivity contribution is 5.43. The van der Waals surface area contributed by atoms with Crippen LogP contribution < -0.4 is 19.5 Å². The van der Waals surface area contributed by atoms with Crippen molar-refractivity contribution in [1.82, 2.24) is 10.3 Å². The molecule has 0 amide bonds. The van der Waals surface area contributed by atoms with Gasteiger partial charge >= 0.3 is 0 Å². The molecule has 0 saturated carbocycles. The molecule has 0 aliphatic carbocycles. The maximum atomic E-state index is 5.97. The van der Waals surface area contributed by atoms with E-state index in [9.17, 15) is 0 Å². The van der Waals surface area contributed by atoms with E-state index in [4.69, 9.17) is 14.2 Å². The van der Waals surface area contributed by atoms with Crippen LogP contribution in [0.15, 0.2) is 66.9 Å². The number of benzene rings is 2. The summed E-state index contributed by atoms with van der Waals surface area (Å²) in [4.78, 5) is 4.13. The van der Waals surface area contributed by atoms with Gasteiger partial charge in [0.2, 0.25) is 5.88 Å². The monoisotopic (exact) mass is 378 g/mol. The Hall–Kier alpha value is -3.05. The fourth-order valence-corrected chi connectivity index (χ4v) is 2.76. The molecule has 0 saturated heterocycles. The van der Waals surface area contributed by atoms with Gasteiger partial charge in [-0.2, -0.15) is 0 Å². The van der Waals surface area contributed by atoms with Gasteiger partial charge in [-0.05, 0) is 41.8 Å². The third-order valence-electron chi connectivity index (χ3n) is 4.37. The molecule has 3 aromatic rings. The van der Waals surface area contributed by atoms with E-state index in [0.717, 1.165) is 30.2 Å². The Bertz CT molecular complexity index is 869. The average molecular weight is 378 g/mol. The zero-order valence-electron chi connectivity index (χ0n) is 16.4. The summed E-state index contributed by atoms with van der Waals surface area (Å²) in [6, 6.07) is 19.8. The molecular weight excluding hydrogens is 352 g/mol. The molecule has 0 aliphatic rings. The fourth-order valence-electron chi connectivity index (χ4n) is 2.76. The highest BCUT2D eigenvalue weighted by Crippen LogP contribution is 2.29. The molecule has 0 spiro atoms. The molecular formula is C23H26N2O3. The molecule has 0 fully saturated rings. The summed E-state index contributed by atoms with van der Waals surface area (Å²) in [5, 5.41) is 3.36. The lowest BCUT2D eigenvalue weighted by Gasteiger charge is -2.14. The molecule has 1 aromatic heterocycles. The average Bonchev–Trinajstić information content (AvgIpc) is 2.74. The third-order valence-corrected chi connectivity index (χ3v) is 4.37. The number of nitrogens with one attached hydrogen (secondary N) is 1. The van der Waals surface area contributed by atoms with E-state index in [1.165, 1.54) is 11.1 Å². The van der Waals surface area contributed by atoms with Crippen LogP contribution in [0.2, 0.25) is 0 Å². The minimum absolute atomic E-state index is 0.519. The van der Waals surface area contributed by atoms with Crippen molar-refractivity contribution in [2.75, 3.05) is 20.3 Å². The van der Waals surface area contributed by atoms with E-state index in [-0.39, 0.29) is 0 Å². The Morgan fingerprint density at radius 3 is 2.57 bits per heavy atom. The van der Waals surface area contributed by atoms with E-state index >= 15 is 0 Å². The van der Waals surface area contributed by atoms with Gasteiger partial charge < -0.3 is 19.5 Å². The number of hydrogen-bond acceptors (Lipinski definition) is 5. The van der Waals surface area contributed by atoms with E-state index in [1.54, 1.807) is 13.3 Å². The summed E-state index contributed by atoms with van der Waals surface area (Å²) in [6.45, 7) is 4.62. The lowest BCUT2D eigenvalue weighted by Crippen LogP contribution is -2.20. The maximum absolute atomic E-state index is 5.97. The second kappa shape index (κ2) is 10.3. The zero-order chi connectivity index (χ0) is 19.6. The third kappa shape index (κ3) is 5.72. The highest BCUT2D eigenvalue weighted by Gasteiger charge is 2.07. The number of rotatable bonds is 10. The molecule has 5 heteroatoms. The van der Waals surface area contributed by atoms with Gasteiger partial charge in [0.05, 0.1) is 7.11 Å². The first-order valence-electron chi connectivity index (χ1n) is 9.35. The van der Waals surface area contributed by atoms with Crippen LogP contribution in [0, 0.1) is 6.92 Å². The summed E-state index contributed by atoms with van der Waals surface area (Å²) >= 11 is 0. The van der Waals surface area contributed by atoms with Crippen molar-refractivity contribution in [3.8, 4) is 17.4 Å². The number of pyridine rings is 1. The summed E-state index contributed by atoms with van der Waals surface area (Å²) in [5.41, 5.74) is 3.51. The van der Waals surface area contributed by atoms with Gasteiger partial charge in [-0.15, -0.1) is 0 Å². The van der Waals surface area contributed by atoms with Gasteiger partial charge in [-0.1, -0.05) is 36.4 Å². The number of hydrogen-bond donors (Lipinski definition) is 1. The Morgan fingerprint density at radius 2 is 1.79 bits per heavy atom. The first kappa shape index (κ1) is 19.7. The predicted molar refractivity (Wildman–Crippen MR) is 110 cm³/mol. The SMILES string of the molecule is COc1cc(CNCCOc2ccccn2)ccc1OCc1ccccc1C. The lowest BCUT2D eigenvalue weighted by molar-refractivity contribution is 0.283. The molecule has 2 aromatic carbocycles. The number of methoxy groups -OCH3 is 1. The molecule has 5 nitrogen and oxygen atoms in total. The van der Waals surface area contributed by atoms with Crippen molar-refractivity contribution in [1.29, 1.82) is 0 Å². The van der Waals surface area contributed by atoms with Crippen molar-refractivity contribution >= 4 is 0 Å². The van der Waals surface area contributed by atoms with Crippen LogP contribution in [0.3, 0.4) is 0 Å². The molecule has 1 heterocycles. The van der Waals surface area contributed by atoms with Gasteiger partial charge in [-0.25, -0.2) is 4.98 Å². The van der Waals surface area contributed by atoms with E-state index in [2.05, 4.69) is 29.4 Å². The largest absolute Gasteiger partial charge is 0.493 e. The number of ether oxygens (including phenoxy) is 3. The van der Waals surface area contributed by atoms with Gasteiger partial charge in [0.15, 0.2) is 11.5 Å². The maximum Gasteiger partial charge on any atom is 0.213 e. The van der Waals surface area contributed by atoms with Crippen LogP contribution in [0.1, 0.15) is 16.7 Å². The van der Waals surface area contributed by atoms with E-state index in [0.29, 0.717) is 19.1 Å². The number of nitrogens with zero attached hydrogens (tertiary/aromatic N) is 1. The van der Waals surface area contributed by atoms with Crippen LogP contribution in [-0.2, 0) is 13.2 Å². The van der Waals surface area contributed by atoms with Gasteiger partial charge in [0, 0.05) is 25.4 Å². The first-order valence-corrected chi connectivity index (χ1v) is 9.35. The van der Waals surface area contributed by atoms with E-state index < -0.39 is 0 Å². The lowest BCUT2D eigenvalue weighted by atomic mass is 10.1. The van der Waals surface area contributed by atoms with E-state index in [1.807, 2.05) is 48.5 Å². The number of aromatic nitrogens is 1. The smallest absolute Gasteiger partial charge is 0.213 e. The van der Waals surface area contributed by atoms with Crippen LogP contribution in [0.4, 0.5) is 0 Å². The van der Waals surface area contributed by atoms with Crippen molar-refractivity contribution < 1.29 is 14.2 Å². The Kier molecular flexibility index (Phi) is 7.27. The van der Waals surface area contributed by atoms with Crippen molar-refractivity contribution in [3.05, 3.63) is 83.6 Å². The molecule has 0 bridgehead atoms. The molecule has 0 atom stereocenters. The number of aryl methyl sites for hydroxylation is 1. The molecule has 3 rings (SSSR count). The molecule has 1 N–H and O–H groups in total. The highest BCUT2D eigenvalue weighted by atomic mass is 16.5. The Labute approximate surface area is 166 Å². The van der Waals surface area contributed by atoms with Crippen LogP contribution in [0.5, 0.6) is 17.4 Å². The first-order chi connectivity index (χ1) is 13.8. The topological polar surface area (TPSA) is 52.6 Å². The summed E-state index contributed by atoms with van der Waals surface area (Å²) in [7, 11) is 1.66. The normalized spacial score (nSPS) is 10.5. The predicted octanol–water partition coefficient (Wildman–Crippen LogP) is 4.15. The van der Waals surface area contributed by atoms with Crippen LogP contribution >= 0.6 is 0 Å². The van der Waals surface area contributed by atoms with Gasteiger partial charge in [-0.3, -0.25) is 0 Å². The van der Waals surface area contributed by atoms with Crippen molar-refractivity contribution in [3.63, 3.8) is 0 Å². The Morgan fingerprint density at radius 1 is 0.929 bits per heavy atom. The molecule has 0 unspecified atom stereocenters. The standard InChI is InChI=1S/C23H26N2O3/c1-18-7-3-4-8-20(18)17-28-21-11-10-19(15-22(21)26-2)16-24-13-14-27-23-9-5-6-12-25-23/h3-12,15,24H,13-14,16-17H2,1-2H3. The molecule has 0 radical (unpaired) electrons. The minimum Gasteiger partial charge on any atom is -0.493 e. The molecule has 0 aliphatic heterocycles. The molecule has 146 valence electrons. The quantitative estimate of drug-likeness (QED) is 0.537. The zero-order valence-corrected chi connectivity index (χ0v) is 16.4. The fraction of sp³-hybridized carbons (Fsp3) is 0.261. The summed E-state index contributed by atoms with van der Waals surface area (Å²) < 4.78 is 17.0. The molecule has 28 heavy (non-hydrogen) atoms. The van der Waals surface area contributed by atoms with Crippen LogP contribution in [-0.4, -0.2) is 25.2 Å². The van der Waals surface area contributed by atoms with Crippen molar-refractivity contribution in [2.45, 2.75) is 20.1 Å². The second-order valence-electron chi connectivity index (χ2n) is 6.39. The summed E-state index contributed by atoms with van der Waals surface area (Å²) in [5.74, 6) is 2.12. The Balaban J connectivity index is 1.48. The second-order valence-corrected chi connectivity index (χ2v) is 6.39. The van der Waals surface area contributed by atoms with Gasteiger partial charge in [0.1, 0.15) is 13.2 Å². The summed E-state index contributed by atoms with van der Waals surface area (Å²) in [6.07, 6.45) is 1.72. The van der Waals surface area contributed by atoms with Crippen molar-refractivity contribution in [2.24, 2.45) is 0 Å². The minimum atomic E-state index is 0.519. The van der Waals surface area contributed by atoms with Crippen LogP contribution in [0.25, 0.3) is 0 Å². The van der Waals surface area contributed by atoms with Gasteiger partial charge in [0.25, 0.3) is 0 Å².